The second kappa shape index (κ2) is 3.69. The fourth-order valence-electron chi connectivity index (χ4n) is 2.65. The molecule has 0 amide bonds. The zero-order valence-corrected chi connectivity index (χ0v) is 9.43. The van der Waals surface area contributed by atoms with Gasteiger partial charge in [0.15, 0.2) is 0 Å². The summed E-state index contributed by atoms with van der Waals surface area (Å²) in [5, 5.41) is 4.36. The monoisotopic (exact) mass is 222 g/mol. The molecule has 3 rings (SSSR count). The van der Waals surface area contributed by atoms with Crippen molar-refractivity contribution in [3.63, 3.8) is 0 Å². The molecule has 2 aliphatic heterocycles. The third-order valence-corrected chi connectivity index (χ3v) is 3.70. The van der Waals surface area contributed by atoms with Crippen LogP contribution >= 0.6 is 11.6 Å². The molecule has 0 radical (unpaired) electrons. The number of rotatable bonds is 0. The molecule has 0 saturated carbocycles. The minimum absolute atomic E-state index is 0.719. The van der Waals surface area contributed by atoms with Crippen molar-refractivity contribution in [2.45, 2.75) is 25.4 Å². The van der Waals surface area contributed by atoms with Gasteiger partial charge in [0.25, 0.3) is 0 Å². The maximum Gasteiger partial charge on any atom is 0.0410 e. The molecule has 1 aromatic carbocycles. The summed E-state index contributed by atoms with van der Waals surface area (Å²) < 4.78 is 0. The normalized spacial score (nSPS) is 25.3. The van der Waals surface area contributed by atoms with E-state index in [0.717, 1.165) is 24.2 Å². The molecular formula is C12H15ClN2. The molecule has 2 heterocycles. The van der Waals surface area contributed by atoms with Gasteiger partial charge in [0, 0.05) is 29.8 Å². The van der Waals surface area contributed by atoms with Crippen molar-refractivity contribution in [3.05, 3.63) is 28.8 Å². The van der Waals surface area contributed by atoms with Crippen molar-refractivity contribution in [3.8, 4) is 0 Å². The second-order valence-electron chi connectivity index (χ2n) is 4.45. The lowest BCUT2D eigenvalue weighted by atomic mass is 10.1. The molecule has 3 heteroatoms. The Morgan fingerprint density at radius 2 is 2.33 bits per heavy atom. The van der Waals surface area contributed by atoms with Crippen LogP contribution in [0.5, 0.6) is 0 Å². The van der Waals surface area contributed by atoms with Gasteiger partial charge in [-0.1, -0.05) is 11.6 Å². The van der Waals surface area contributed by atoms with E-state index in [1.54, 1.807) is 0 Å². The summed E-state index contributed by atoms with van der Waals surface area (Å²) in [6.45, 7) is 3.36. The van der Waals surface area contributed by atoms with Crippen molar-refractivity contribution in [1.29, 1.82) is 0 Å². The van der Waals surface area contributed by atoms with E-state index in [1.807, 2.05) is 6.07 Å². The van der Waals surface area contributed by atoms with Crippen molar-refractivity contribution < 1.29 is 0 Å². The molecule has 1 atom stereocenters. The molecule has 1 fully saturated rings. The van der Waals surface area contributed by atoms with Crippen LogP contribution in [-0.2, 0) is 6.54 Å². The summed E-state index contributed by atoms with van der Waals surface area (Å²) in [5.74, 6) is 0. The highest BCUT2D eigenvalue weighted by molar-refractivity contribution is 6.30. The van der Waals surface area contributed by atoms with Crippen LogP contribution in [0.4, 0.5) is 5.69 Å². The Kier molecular flexibility index (Phi) is 2.33. The summed E-state index contributed by atoms with van der Waals surface area (Å²) in [5.41, 5.74) is 2.60. The second-order valence-corrected chi connectivity index (χ2v) is 4.89. The van der Waals surface area contributed by atoms with E-state index in [0.29, 0.717) is 0 Å². The van der Waals surface area contributed by atoms with Gasteiger partial charge in [-0.15, -0.1) is 0 Å². The van der Waals surface area contributed by atoms with E-state index in [-0.39, 0.29) is 0 Å². The summed E-state index contributed by atoms with van der Waals surface area (Å²) in [4.78, 5) is 2.56. The van der Waals surface area contributed by atoms with Gasteiger partial charge in [0.2, 0.25) is 0 Å². The van der Waals surface area contributed by atoms with Crippen LogP contribution in [0.1, 0.15) is 18.4 Å². The highest BCUT2D eigenvalue weighted by Gasteiger charge is 2.27. The predicted octanol–water partition coefficient (Wildman–Crippen LogP) is 2.73. The lowest BCUT2D eigenvalue weighted by molar-refractivity contribution is 0.259. The first-order chi connectivity index (χ1) is 7.33. The van der Waals surface area contributed by atoms with Crippen LogP contribution in [-0.4, -0.2) is 24.0 Å². The molecule has 2 nitrogen and oxygen atoms in total. The third kappa shape index (κ3) is 1.72. The number of fused-ring (bicyclic) bond motifs is 2. The number of nitrogens with one attached hydrogen (secondary N) is 1. The molecule has 1 aromatic rings. The van der Waals surface area contributed by atoms with Crippen molar-refractivity contribution in [2.75, 3.05) is 18.4 Å². The summed E-state index contributed by atoms with van der Waals surface area (Å²) >= 11 is 6.03. The van der Waals surface area contributed by atoms with Gasteiger partial charge in [-0.3, -0.25) is 4.90 Å². The van der Waals surface area contributed by atoms with Crippen LogP contribution in [0, 0.1) is 0 Å². The highest BCUT2D eigenvalue weighted by Crippen LogP contribution is 2.29. The van der Waals surface area contributed by atoms with Gasteiger partial charge in [-0.05, 0) is 43.1 Å². The average Bonchev–Trinajstić information content (AvgIpc) is 2.58. The lowest BCUT2D eigenvalue weighted by Crippen LogP contribution is -2.31. The van der Waals surface area contributed by atoms with E-state index in [4.69, 9.17) is 11.6 Å². The maximum absolute atomic E-state index is 6.03. The fraction of sp³-hybridized carbons (Fsp3) is 0.500. The van der Waals surface area contributed by atoms with Crippen LogP contribution in [0.2, 0.25) is 5.02 Å². The fourth-order valence-corrected chi connectivity index (χ4v) is 2.84. The van der Waals surface area contributed by atoms with Crippen molar-refractivity contribution >= 4 is 17.3 Å². The molecule has 0 aliphatic carbocycles. The van der Waals surface area contributed by atoms with Crippen LogP contribution < -0.4 is 5.32 Å². The van der Waals surface area contributed by atoms with Gasteiger partial charge < -0.3 is 5.32 Å². The standard InChI is InChI=1S/C12H15ClN2/c13-10-3-4-12-9(6-10)8-15-5-1-2-11(15)7-14-12/h3-4,6,11,14H,1-2,5,7-8H2. The molecule has 2 aliphatic rings. The molecule has 0 spiro atoms. The first-order valence-electron chi connectivity index (χ1n) is 5.59. The van der Waals surface area contributed by atoms with E-state index in [1.165, 1.54) is 30.6 Å². The Labute approximate surface area is 95.2 Å². The number of hydrogen-bond donors (Lipinski definition) is 1. The maximum atomic E-state index is 6.03. The zero-order chi connectivity index (χ0) is 10.3. The van der Waals surface area contributed by atoms with Gasteiger partial charge in [-0.25, -0.2) is 0 Å². The number of hydrogen-bond acceptors (Lipinski definition) is 2. The summed E-state index contributed by atoms with van der Waals surface area (Å²) in [7, 11) is 0. The first-order valence-corrected chi connectivity index (χ1v) is 5.97. The Morgan fingerprint density at radius 3 is 3.27 bits per heavy atom. The molecule has 1 unspecified atom stereocenters. The molecule has 1 N–H and O–H groups in total. The van der Waals surface area contributed by atoms with E-state index in [9.17, 15) is 0 Å². The lowest BCUT2D eigenvalue weighted by Gasteiger charge is -2.20. The van der Waals surface area contributed by atoms with Crippen LogP contribution in [0.3, 0.4) is 0 Å². The van der Waals surface area contributed by atoms with Gasteiger partial charge >= 0.3 is 0 Å². The SMILES string of the molecule is Clc1ccc2c(c1)CN1CCCC1CN2. The quantitative estimate of drug-likeness (QED) is 0.726. The Bertz CT molecular complexity index is 378. The molecule has 15 heavy (non-hydrogen) atoms. The largest absolute Gasteiger partial charge is 0.383 e. The Hall–Kier alpha value is -0.730. The number of nitrogens with zero attached hydrogens (tertiary/aromatic N) is 1. The third-order valence-electron chi connectivity index (χ3n) is 3.47. The molecule has 80 valence electrons. The summed E-state index contributed by atoms with van der Waals surface area (Å²) in [6, 6.07) is 6.87. The van der Waals surface area contributed by atoms with E-state index in [2.05, 4.69) is 22.3 Å². The van der Waals surface area contributed by atoms with E-state index < -0.39 is 0 Å². The van der Waals surface area contributed by atoms with Crippen LogP contribution in [0.15, 0.2) is 18.2 Å². The average molecular weight is 223 g/mol. The zero-order valence-electron chi connectivity index (χ0n) is 8.67. The molecule has 1 saturated heterocycles. The highest BCUT2D eigenvalue weighted by atomic mass is 35.5. The van der Waals surface area contributed by atoms with Crippen molar-refractivity contribution in [2.24, 2.45) is 0 Å². The summed E-state index contributed by atoms with van der Waals surface area (Å²) in [6.07, 6.45) is 2.66. The number of anilines is 1. The Morgan fingerprint density at radius 1 is 1.40 bits per heavy atom. The van der Waals surface area contributed by atoms with Gasteiger partial charge in [-0.2, -0.15) is 0 Å². The van der Waals surface area contributed by atoms with Crippen molar-refractivity contribution in [1.82, 2.24) is 4.90 Å². The smallest absolute Gasteiger partial charge is 0.0410 e. The minimum Gasteiger partial charge on any atom is -0.383 e. The molecule has 0 aromatic heterocycles. The molecular weight excluding hydrogens is 208 g/mol. The Balaban J connectivity index is 1.94. The number of benzene rings is 1. The first kappa shape index (κ1) is 9.49. The van der Waals surface area contributed by atoms with Crippen LogP contribution in [0.25, 0.3) is 0 Å². The molecule has 0 bridgehead atoms. The predicted molar refractivity (Wildman–Crippen MR) is 63.4 cm³/mol. The topological polar surface area (TPSA) is 15.3 Å². The minimum atomic E-state index is 0.719. The number of halogens is 1. The van der Waals surface area contributed by atoms with Gasteiger partial charge in [0.1, 0.15) is 0 Å². The van der Waals surface area contributed by atoms with Gasteiger partial charge in [0.05, 0.1) is 0 Å². The van der Waals surface area contributed by atoms with E-state index >= 15 is 0 Å².